The second kappa shape index (κ2) is 9.97. The highest BCUT2D eigenvalue weighted by Crippen LogP contribution is 2.25. The van der Waals surface area contributed by atoms with Gasteiger partial charge in [-0.1, -0.05) is 12.1 Å². The zero-order valence-corrected chi connectivity index (χ0v) is 18.6. The number of ether oxygens (including phenoxy) is 1. The lowest BCUT2D eigenvalue weighted by Crippen LogP contribution is -2.30. The molecule has 0 saturated carbocycles. The second-order valence-corrected chi connectivity index (χ2v) is 7.87. The highest BCUT2D eigenvalue weighted by molar-refractivity contribution is 6.02. The van der Waals surface area contributed by atoms with Crippen LogP contribution in [-0.2, 0) is 11.4 Å². The standard InChI is InChI=1S/C26H26FN3O2/c1-17(2)29-26(31)22(15-28)14-21-13-18(3)30(19(21)4)24-9-11-25(12-10-24)32-16-20-5-7-23(27)8-6-20/h5-14,17H,16H2,1-4H3,(H,29,31)/b22-14-. The maximum absolute atomic E-state index is 13.0. The van der Waals surface area contributed by atoms with Gasteiger partial charge in [-0.25, -0.2) is 4.39 Å². The highest BCUT2D eigenvalue weighted by atomic mass is 19.1. The molecule has 3 rings (SSSR count). The summed E-state index contributed by atoms with van der Waals surface area (Å²) in [6.07, 6.45) is 1.62. The van der Waals surface area contributed by atoms with Crippen LogP contribution in [0.3, 0.4) is 0 Å². The number of carbonyl (C=O) groups excluding carboxylic acids is 1. The summed E-state index contributed by atoms with van der Waals surface area (Å²) in [7, 11) is 0. The van der Waals surface area contributed by atoms with E-state index < -0.39 is 0 Å². The minimum atomic E-state index is -0.380. The Morgan fingerprint density at radius 2 is 1.81 bits per heavy atom. The molecule has 1 amide bonds. The summed E-state index contributed by atoms with van der Waals surface area (Å²) in [6, 6.07) is 17.8. The molecule has 0 atom stereocenters. The van der Waals surface area contributed by atoms with Crippen LogP contribution in [0.1, 0.15) is 36.4 Å². The van der Waals surface area contributed by atoms with Gasteiger partial charge in [0.2, 0.25) is 0 Å². The van der Waals surface area contributed by atoms with Gasteiger partial charge < -0.3 is 14.6 Å². The summed E-state index contributed by atoms with van der Waals surface area (Å²) in [6.45, 7) is 7.99. The first-order chi connectivity index (χ1) is 15.3. The molecule has 0 fully saturated rings. The van der Waals surface area contributed by atoms with E-state index in [1.165, 1.54) is 12.1 Å². The second-order valence-electron chi connectivity index (χ2n) is 7.87. The molecule has 0 bridgehead atoms. The van der Waals surface area contributed by atoms with Crippen LogP contribution in [0.2, 0.25) is 0 Å². The van der Waals surface area contributed by atoms with Crippen molar-refractivity contribution >= 4 is 12.0 Å². The van der Waals surface area contributed by atoms with Crippen molar-refractivity contribution in [3.8, 4) is 17.5 Å². The molecule has 3 aromatic rings. The minimum absolute atomic E-state index is 0.0459. The molecule has 1 heterocycles. The molecule has 0 aliphatic carbocycles. The molecule has 0 aliphatic rings. The van der Waals surface area contributed by atoms with Gasteiger partial charge in [0.05, 0.1) is 0 Å². The Morgan fingerprint density at radius 3 is 2.41 bits per heavy atom. The van der Waals surface area contributed by atoms with E-state index in [0.717, 1.165) is 28.2 Å². The average molecular weight is 432 g/mol. The number of nitrogens with one attached hydrogen (secondary N) is 1. The molecule has 0 spiro atoms. The number of carbonyl (C=O) groups is 1. The fraction of sp³-hybridized carbons (Fsp3) is 0.231. The van der Waals surface area contributed by atoms with Crippen LogP contribution >= 0.6 is 0 Å². The third-order valence-corrected chi connectivity index (χ3v) is 4.97. The van der Waals surface area contributed by atoms with Gasteiger partial charge in [0, 0.05) is 23.1 Å². The molecule has 0 unspecified atom stereocenters. The highest BCUT2D eigenvalue weighted by Gasteiger charge is 2.14. The Labute approximate surface area is 187 Å². The normalized spacial score (nSPS) is 11.3. The lowest BCUT2D eigenvalue weighted by atomic mass is 10.1. The van der Waals surface area contributed by atoms with Crippen molar-refractivity contribution in [1.29, 1.82) is 5.26 Å². The number of benzene rings is 2. The molecule has 32 heavy (non-hydrogen) atoms. The fourth-order valence-electron chi connectivity index (χ4n) is 3.41. The van der Waals surface area contributed by atoms with E-state index in [4.69, 9.17) is 4.74 Å². The monoisotopic (exact) mass is 431 g/mol. The van der Waals surface area contributed by atoms with Crippen LogP contribution < -0.4 is 10.1 Å². The lowest BCUT2D eigenvalue weighted by molar-refractivity contribution is -0.117. The maximum Gasteiger partial charge on any atom is 0.262 e. The van der Waals surface area contributed by atoms with E-state index >= 15 is 0 Å². The van der Waals surface area contributed by atoms with Crippen molar-refractivity contribution in [2.24, 2.45) is 0 Å². The quantitative estimate of drug-likeness (QED) is 0.411. The Balaban J connectivity index is 1.79. The summed E-state index contributed by atoms with van der Waals surface area (Å²) < 4.78 is 20.9. The number of amides is 1. The molecular formula is C26H26FN3O2. The number of aromatic nitrogens is 1. The van der Waals surface area contributed by atoms with Crippen LogP contribution in [0, 0.1) is 31.0 Å². The summed E-state index contributed by atoms with van der Waals surface area (Å²) >= 11 is 0. The molecule has 0 saturated heterocycles. The van der Waals surface area contributed by atoms with Crippen LogP contribution in [-0.4, -0.2) is 16.5 Å². The van der Waals surface area contributed by atoms with Crippen molar-refractivity contribution in [2.75, 3.05) is 0 Å². The Bertz CT molecular complexity index is 1170. The van der Waals surface area contributed by atoms with Gasteiger partial charge in [-0.05, 0) is 87.4 Å². The average Bonchev–Trinajstić information content (AvgIpc) is 3.04. The molecule has 1 N–H and O–H groups in total. The third-order valence-electron chi connectivity index (χ3n) is 4.97. The first kappa shape index (κ1) is 22.8. The van der Waals surface area contributed by atoms with Gasteiger partial charge in [-0.15, -0.1) is 0 Å². The molecule has 0 aliphatic heterocycles. The molecule has 6 heteroatoms. The van der Waals surface area contributed by atoms with Crippen LogP contribution in [0.25, 0.3) is 11.8 Å². The Morgan fingerprint density at radius 1 is 1.16 bits per heavy atom. The van der Waals surface area contributed by atoms with Crippen molar-refractivity contribution in [3.05, 3.63) is 88.5 Å². The van der Waals surface area contributed by atoms with Crippen molar-refractivity contribution in [3.63, 3.8) is 0 Å². The zero-order valence-electron chi connectivity index (χ0n) is 18.6. The van der Waals surface area contributed by atoms with Gasteiger partial charge in [-0.2, -0.15) is 5.26 Å². The summed E-state index contributed by atoms with van der Waals surface area (Å²) in [5.41, 5.74) is 4.62. The molecule has 1 aromatic heterocycles. The van der Waals surface area contributed by atoms with Crippen LogP contribution in [0.5, 0.6) is 5.75 Å². The van der Waals surface area contributed by atoms with E-state index in [2.05, 4.69) is 9.88 Å². The molecular weight excluding hydrogens is 405 g/mol. The Hall–Kier alpha value is -3.85. The number of nitrogens with zero attached hydrogens (tertiary/aromatic N) is 2. The van der Waals surface area contributed by atoms with E-state index in [1.54, 1.807) is 18.2 Å². The number of nitriles is 1. The number of hydrogen-bond donors (Lipinski definition) is 1. The largest absolute Gasteiger partial charge is 0.489 e. The number of rotatable bonds is 7. The van der Waals surface area contributed by atoms with Crippen molar-refractivity contribution in [1.82, 2.24) is 9.88 Å². The smallest absolute Gasteiger partial charge is 0.262 e. The fourth-order valence-corrected chi connectivity index (χ4v) is 3.41. The van der Waals surface area contributed by atoms with E-state index in [0.29, 0.717) is 12.4 Å². The SMILES string of the molecule is Cc1cc(/C=C(/C#N)C(=O)NC(C)C)c(C)n1-c1ccc(OCc2ccc(F)cc2)cc1. The topological polar surface area (TPSA) is 67.0 Å². The first-order valence-corrected chi connectivity index (χ1v) is 10.4. The van der Waals surface area contributed by atoms with E-state index in [1.807, 2.05) is 64.1 Å². The predicted molar refractivity (Wildman–Crippen MR) is 123 cm³/mol. The van der Waals surface area contributed by atoms with Crippen LogP contribution in [0.4, 0.5) is 4.39 Å². The first-order valence-electron chi connectivity index (χ1n) is 10.4. The number of halogens is 1. The number of aryl methyl sites for hydroxylation is 1. The summed E-state index contributed by atoms with van der Waals surface area (Å²) in [4.78, 5) is 12.2. The lowest BCUT2D eigenvalue weighted by Gasteiger charge is -2.12. The van der Waals surface area contributed by atoms with E-state index in [-0.39, 0.29) is 23.3 Å². The van der Waals surface area contributed by atoms with Gasteiger partial charge in [0.25, 0.3) is 5.91 Å². The maximum atomic E-state index is 13.0. The minimum Gasteiger partial charge on any atom is -0.489 e. The Kier molecular flexibility index (Phi) is 7.11. The van der Waals surface area contributed by atoms with Gasteiger partial charge in [-0.3, -0.25) is 4.79 Å². The van der Waals surface area contributed by atoms with Crippen molar-refractivity contribution in [2.45, 2.75) is 40.3 Å². The van der Waals surface area contributed by atoms with Gasteiger partial charge >= 0.3 is 0 Å². The summed E-state index contributed by atoms with van der Waals surface area (Å²) in [5.74, 6) is 0.0555. The molecule has 2 aromatic carbocycles. The van der Waals surface area contributed by atoms with E-state index in [9.17, 15) is 14.4 Å². The zero-order chi connectivity index (χ0) is 23.3. The third kappa shape index (κ3) is 5.44. The predicted octanol–water partition coefficient (Wildman–Crippen LogP) is 5.24. The van der Waals surface area contributed by atoms with Gasteiger partial charge in [0.1, 0.15) is 29.8 Å². The molecule has 0 radical (unpaired) electrons. The number of hydrogen-bond acceptors (Lipinski definition) is 3. The summed E-state index contributed by atoms with van der Waals surface area (Å²) in [5, 5.41) is 12.2. The van der Waals surface area contributed by atoms with Crippen molar-refractivity contribution < 1.29 is 13.9 Å². The van der Waals surface area contributed by atoms with Gasteiger partial charge in [0.15, 0.2) is 0 Å². The molecule has 5 nitrogen and oxygen atoms in total. The molecule has 164 valence electrons. The van der Waals surface area contributed by atoms with Crippen LogP contribution in [0.15, 0.2) is 60.2 Å².